The monoisotopic (exact) mass is 375 g/mol. The normalized spacial score (nSPS) is 15.8. The van der Waals surface area contributed by atoms with E-state index in [4.69, 9.17) is 11.6 Å². The number of piperidine rings is 1. The highest BCUT2D eigenvalue weighted by Crippen LogP contribution is 2.24. The largest absolute Gasteiger partial charge is 0.350 e. The van der Waals surface area contributed by atoms with E-state index in [1.807, 2.05) is 35.9 Å². The third-order valence-electron chi connectivity index (χ3n) is 5.11. The van der Waals surface area contributed by atoms with Crippen LogP contribution >= 0.6 is 11.6 Å². The van der Waals surface area contributed by atoms with Crippen molar-refractivity contribution in [3.63, 3.8) is 0 Å². The molecule has 0 aliphatic carbocycles. The molecule has 1 aromatic heterocycles. The smallest absolute Gasteiger partial charge is 0.273 e. The fourth-order valence-electron chi connectivity index (χ4n) is 3.34. The first-order valence-electron chi connectivity index (χ1n) is 9.05. The van der Waals surface area contributed by atoms with Crippen molar-refractivity contribution in [1.29, 1.82) is 0 Å². The zero-order valence-electron chi connectivity index (χ0n) is 15.6. The number of amides is 1. The lowest BCUT2D eigenvalue weighted by Crippen LogP contribution is -2.37. The van der Waals surface area contributed by atoms with Gasteiger partial charge in [-0.1, -0.05) is 42.8 Å². The summed E-state index contributed by atoms with van der Waals surface area (Å²) < 4.78 is 1.90. The van der Waals surface area contributed by atoms with Crippen LogP contribution in [-0.2, 0) is 5.41 Å². The van der Waals surface area contributed by atoms with Crippen molar-refractivity contribution >= 4 is 17.5 Å². The Labute approximate surface area is 159 Å². The van der Waals surface area contributed by atoms with Gasteiger partial charge in [0, 0.05) is 17.0 Å². The molecule has 0 atom stereocenters. The van der Waals surface area contributed by atoms with E-state index in [1.165, 1.54) is 0 Å². The Morgan fingerprint density at radius 1 is 1.31 bits per heavy atom. The van der Waals surface area contributed by atoms with Gasteiger partial charge in [-0.2, -0.15) is 0 Å². The Hall–Kier alpha value is -1.92. The summed E-state index contributed by atoms with van der Waals surface area (Å²) in [5, 5.41) is 15.4. The number of benzene rings is 1. The molecule has 2 heterocycles. The predicted molar refractivity (Wildman–Crippen MR) is 103 cm³/mol. The van der Waals surface area contributed by atoms with Gasteiger partial charge in [-0.25, -0.2) is 4.68 Å². The molecule has 0 saturated carbocycles. The Bertz CT molecular complexity index is 763. The third kappa shape index (κ3) is 4.07. The molecule has 0 bridgehead atoms. The maximum Gasteiger partial charge on any atom is 0.273 e. The van der Waals surface area contributed by atoms with Crippen LogP contribution in [0.2, 0.25) is 5.02 Å². The quantitative estimate of drug-likeness (QED) is 0.842. The molecule has 26 heavy (non-hydrogen) atoms. The van der Waals surface area contributed by atoms with Crippen molar-refractivity contribution in [2.24, 2.45) is 0 Å². The molecule has 140 valence electrons. The molecule has 1 saturated heterocycles. The minimum Gasteiger partial charge on any atom is -0.350 e. The minimum atomic E-state index is -0.209. The van der Waals surface area contributed by atoms with Crippen molar-refractivity contribution in [3.05, 3.63) is 46.2 Å². The minimum absolute atomic E-state index is 0.176. The maximum absolute atomic E-state index is 12.6. The predicted octanol–water partition coefficient (Wildman–Crippen LogP) is 2.87. The molecule has 0 unspecified atom stereocenters. The van der Waals surface area contributed by atoms with Crippen molar-refractivity contribution in [2.45, 2.75) is 45.1 Å². The number of halogens is 1. The van der Waals surface area contributed by atoms with E-state index in [-0.39, 0.29) is 11.3 Å². The number of rotatable bonds is 5. The van der Waals surface area contributed by atoms with E-state index < -0.39 is 0 Å². The molecular formula is C19H26ClN5O. The summed E-state index contributed by atoms with van der Waals surface area (Å²) in [6.45, 7) is 8.56. The molecule has 6 nitrogen and oxygen atoms in total. The Morgan fingerprint density at radius 2 is 1.96 bits per heavy atom. The van der Waals surface area contributed by atoms with Crippen LogP contribution in [-0.4, -0.2) is 40.5 Å². The molecule has 1 aliphatic heterocycles. The number of carbonyl (C=O) groups excluding carboxylic acids is 1. The van der Waals surface area contributed by atoms with Crippen LogP contribution in [0.15, 0.2) is 24.3 Å². The highest BCUT2D eigenvalue weighted by Gasteiger charge is 2.25. The summed E-state index contributed by atoms with van der Waals surface area (Å²) in [6.07, 6.45) is 2.02. The lowest BCUT2D eigenvalue weighted by Gasteiger charge is -2.25. The lowest BCUT2D eigenvalue weighted by atomic mass is 9.84. The van der Waals surface area contributed by atoms with Gasteiger partial charge in [0.2, 0.25) is 0 Å². The summed E-state index contributed by atoms with van der Waals surface area (Å²) in [4.78, 5) is 12.6. The second kappa shape index (κ2) is 7.76. The first-order chi connectivity index (χ1) is 12.4. The van der Waals surface area contributed by atoms with Gasteiger partial charge in [-0.05, 0) is 50.6 Å². The molecular weight excluding hydrogens is 350 g/mol. The zero-order valence-corrected chi connectivity index (χ0v) is 16.3. The Balaban J connectivity index is 1.66. The molecule has 0 spiro atoms. The van der Waals surface area contributed by atoms with Gasteiger partial charge in [0.25, 0.3) is 5.91 Å². The van der Waals surface area contributed by atoms with E-state index in [9.17, 15) is 4.79 Å². The van der Waals surface area contributed by atoms with Gasteiger partial charge in [-0.15, -0.1) is 5.10 Å². The van der Waals surface area contributed by atoms with Crippen LogP contribution in [0.1, 0.15) is 54.5 Å². The number of nitrogens with one attached hydrogen (secondary N) is 2. The number of hydrogen-bond donors (Lipinski definition) is 2. The fourth-order valence-corrected chi connectivity index (χ4v) is 3.46. The average molecular weight is 376 g/mol. The summed E-state index contributed by atoms with van der Waals surface area (Å²) in [5.74, 6) is -0.176. The van der Waals surface area contributed by atoms with E-state index >= 15 is 0 Å². The van der Waals surface area contributed by atoms with Crippen LogP contribution in [0.5, 0.6) is 0 Å². The summed E-state index contributed by atoms with van der Waals surface area (Å²) in [6, 6.07) is 8.04. The van der Waals surface area contributed by atoms with Gasteiger partial charge >= 0.3 is 0 Å². The topological polar surface area (TPSA) is 71.8 Å². The van der Waals surface area contributed by atoms with Gasteiger partial charge in [0.1, 0.15) is 0 Å². The van der Waals surface area contributed by atoms with Gasteiger partial charge < -0.3 is 10.6 Å². The Kier molecular flexibility index (Phi) is 5.63. The molecule has 1 aromatic carbocycles. The van der Waals surface area contributed by atoms with Crippen molar-refractivity contribution in [1.82, 2.24) is 25.6 Å². The first kappa shape index (κ1) is 18.9. The van der Waals surface area contributed by atoms with E-state index in [2.05, 4.69) is 34.8 Å². The van der Waals surface area contributed by atoms with Crippen LogP contribution in [0, 0.1) is 6.92 Å². The molecule has 3 rings (SSSR count). The number of hydrogen-bond acceptors (Lipinski definition) is 4. The molecule has 1 aliphatic rings. The molecule has 0 radical (unpaired) electrons. The van der Waals surface area contributed by atoms with Crippen LogP contribution in [0.4, 0.5) is 0 Å². The van der Waals surface area contributed by atoms with Crippen LogP contribution < -0.4 is 10.6 Å². The zero-order chi connectivity index (χ0) is 18.7. The van der Waals surface area contributed by atoms with Gasteiger partial charge in [0.05, 0.1) is 11.7 Å². The molecule has 1 fully saturated rings. The molecule has 2 aromatic rings. The molecule has 2 N–H and O–H groups in total. The second-order valence-corrected chi connectivity index (χ2v) is 7.96. The van der Waals surface area contributed by atoms with Crippen molar-refractivity contribution in [3.8, 4) is 0 Å². The number of nitrogens with zero attached hydrogens (tertiary/aromatic N) is 3. The van der Waals surface area contributed by atoms with Crippen LogP contribution in [0.25, 0.3) is 0 Å². The fraction of sp³-hybridized carbons (Fsp3) is 0.526. The summed E-state index contributed by atoms with van der Waals surface area (Å²) in [5.41, 5.74) is 2.16. The van der Waals surface area contributed by atoms with Gasteiger partial charge in [0.15, 0.2) is 5.69 Å². The number of aromatic nitrogens is 3. The standard InChI is InChI=1S/C19H26ClN5O/c1-13-17(23-24-25(13)16-8-10-21-11-9-16)18(26)22-12-19(2,3)14-4-6-15(20)7-5-14/h4-7,16,21H,8-12H2,1-3H3,(H,22,26). The molecule has 1 amide bonds. The van der Waals surface area contributed by atoms with E-state index in [1.54, 1.807) is 0 Å². The van der Waals surface area contributed by atoms with Crippen LogP contribution in [0.3, 0.4) is 0 Å². The first-order valence-corrected chi connectivity index (χ1v) is 9.43. The molecule has 7 heteroatoms. The second-order valence-electron chi connectivity index (χ2n) is 7.52. The highest BCUT2D eigenvalue weighted by molar-refractivity contribution is 6.30. The maximum atomic E-state index is 12.6. The average Bonchev–Trinajstić information content (AvgIpc) is 3.02. The summed E-state index contributed by atoms with van der Waals surface area (Å²) >= 11 is 5.96. The van der Waals surface area contributed by atoms with E-state index in [0.29, 0.717) is 23.3 Å². The van der Waals surface area contributed by atoms with Crippen molar-refractivity contribution < 1.29 is 4.79 Å². The Morgan fingerprint density at radius 3 is 2.62 bits per heavy atom. The highest BCUT2D eigenvalue weighted by atomic mass is 35.5. The van der Waals surface area contributed by atoms with E-state index in [0.717, 1.165) is 37.2 Å². The number of carbonyl (C=O) groups is 1. The lowest BCUT2D eigenvalue weighted by molar-refractivity contribution is 0.0940. The van der Waals surface area contributed by atoms with Gasteiger partial charge in [-0.3, -0.25) is 4.79 Å². The summed E-state index contributed by atoms with van der Waals surface area (Å²) in [7, 11) is 0. The SMILES string of the molecule is Cc1c(C(=O)NCC(C)(C)c2ccc(Cl)cc2)nnn1C1CCNCC1. The van der Waals surface area contributed by atoms with Crippen molar-refractivity contribution in [2.75, 3.05) is 19.6 Å². The third-order valence-corrected chi connectivity index (χ3v) is 5.37.